The van der Waals surface area contributed by atoms with Gasteiger partial charge in [0.25, 0.3) is 0 Å². The minimum Gasteiger partial charge on any atom is -0.353 e. The molecule has 1 unspecified atom stereocenters. The van der Waals surface area contributed by atoms with Gasteiger partial charge < -0.3 is 10.6 Å². The first-order valence-corrected chi connectivity index (χ1v) is 7.25. The van der Waals surface area contributed by atoms with Gasteiger partial charge in [-0.05, 0) is 39.2 Å². The van der Waals surface area contributed by atoms with Gasteiger partial charge in [-0.15, -0.1) is 0 Å². The Bertz CT molecular complexity index is 214. The number of rotatable bonds is 10. The van der Waals surface area contributed by atoms with E-state index in [1.54, 1.807) is 0 Å². The van der Waals surface area contributed by atoms with Crippen LogP contribution in [0.25, 0.3) is 0 Å². The second-order valence-electron chi connectivity index (χ2n) is 5.30. The molecule has 2 N–H and O–H groups in total. The largest absolute Gasteiger partial charge is 0.353 e. The molecule has 0 aromatic heterocycles. The molecule has 3 nitrogen and oxygen atoms in total. The number of carbonyl (C=O) groups is 1. The summed E-state index contributed by atoms with van der Waals surface area (Å²) in [5.41, 5.74) is 0. The third kappa shape index (κ3) is 8.19. The molecular weight excluding hydrogens is 212 g/mol. The zero-order valence-electron chi connectivity index (χ0n) is 11.4. The van der Waals surface area contributed by atoms with E-state index in [9.17, 15) is 4.79 Å². The van der Waals surface area contributed by atoms with E-state index in [0.29, 0.717) is 18.5 Å². The molecule has 17 heavy (non-hydrogen) atoms. The van der Waals surface area contributed by atoms with Crippen molar-refractivity contribution < 1.29 is 4.79 Å². The maximum Gasteiger partial charge on any atom is 0.220 e. The van der Waals surface area contributed by atoms with E-state index in [1.165, 1.54) is 38.5 Å². The Hall–Kier alpha value is -0.570. The highest BCUT2D eigenvalue weighted by molar-refractivity contribution is 5.76. The highest BCUT2D eigenvalue weighted by Gasteiger charge is 2.22. The van der Waals surface area contributed by atoms with Crippen molar-refractivity contribution >= 4 is 5.91 Å². The molecule has 1 fully saturated rings. The first-order chi connectivity index (χ1) is 8.22. The Labute approximate surface area is 106 Å². The summed E-state index contributed by atoms with van der Waals surface area (Å²) < 4.78 is 0. The van der Waals surface area contributed by atoms with E-state index < -0.39 is 0 Å². The maximum absolute atomic E-state index is 11.4. The zero-order valence-corrected chi connectivity index (χ0v) is 11.4. The van der Waals surface area contributed by atoms with Crippen LogP contribution in [0.2, 0.25) is 0 Å². The van der Waals surface area contributed by atoms with Gasteiger partial charge in [0.2, 0.25) is 5.91 Å². The lowest BCUT2D eigenvalue weighted by molar-refractivity contribution is -0.121. The van der Waals surface area contributed by atoms with Crippen molar-refractivity contribution in [2.24, 2.45) is 0 Å². The molecule has 1 aliphatic rings. The molecule has 1 saturated carbocycles. The van der Waals surface area contributed by atoms with Crippen LogP contribution in [0, 0.1) is 0 Å². The Balaban J connectivity index is 1.86. The Morgan fingerprint density at radius 2 is 2.06 bits per heavy atom. The van der Waals surface area contributed by atoms with Crippen LogP contribution in [-0.2, 0) is 4.79 Å². The highest BCUT2D eigenvalue weighted by Crippen LogP contribution is 2.18. The fourth-order valence-corrected chi connectivity index (χ4v) is 1.93. The molecule has 0 spiro atoms. The number of carbonyl (C=O) groups excluding carboxylic acids is 1. The average molecular weight is 240 g/mol. The molecule has 0 radical (unpaired) electrons. The second kappa shape index (κ2) is 8.51. The van der Waals surface area contributed by atoms with Gasteiger partial charge in [0, 0.05) is 18.5 Å². The van der Waals surface area contributed by atoms with Crippen LogP contribution in [0.5, 0.6) is 0 Å². The van der Waals surface area contributed by atoms with Gasteiger partial charge >= 0.3 is 0 Å². The van der Waals surface area contributed by atoms with Gasteiger partial charge in [-0.25, -0.2) is 0 Å². The van der Waals surface area contributed by atoms with Crippen molar-refractivity contribution in [3.63, 3.8) is 0 Å². The average Bonchev–Trinajstić information content (AvgIpc) is 3.09. The molecule has 1 atom stereocenters. The van der Waals surface area contributed by atoms with E-state index in [-0.39, 0.29) is 5.91 Å². The zero-order chi connectivity index (χ0) is 12.5. The van der Waals surface area contributed by atoms with Gasteiger partial charge in [-0.3, -0.25) is 4.79 Å². The van der Waals surface area contributed by atoms with Crippen LogP contribution in [0.1, 0.15) is 65.2 Å². The molecule has 1 amide bonds. The number of hydrogen-bond donors (Lipinski definition) is 2. The Kier molecular flexibility index (Phi) is 7.25. The van der Waals surface area contributed by atoms with Crippen LogP contribution >= 0.6 is 0 Å². The molecule has 3 heteroatoms. The molecule has 0 bridgehead atoms. The number of nitrogens with one attached hydrogen (secondary N) is 2. The lowest BCUT2D eigenvalue weighted by Crippen LogP contribution is -2.29. The summed E-state index contributed by atoms with van der Waals surface area (Å²) in [6, 6.07) is 1.09. The molecule has 0 saturated heterocycles. The maximum atomic E-state index is 11.4. The summed E-state index contributed by atoms with van der Waals surface area (Å²) in [5, 5.41) is 6.50. The Morgan fingerprint density at radius 1 is 1.29 bits per heavy atom. The number of amides is 1. The molecule has 1 rings (SSSR count). The molecule has 0 aliphatic heterocycles. The predicted molar refractivity (Wildman–Crippen MR) is 72.0 cm³/mol. The van der Waals surface area contributed by atoms with E-state index in [1.807, 2.05) is 0 Å². The number of unbranched alkanes of at least 4 members (excludes halogenated alkanes) is 2. The standard InChI is InChI=1S/C14H28N2O/c1-3-4-5-7-12(2)15-11-6-8-14(17)16-13-9-10-13/h12-13,15H,3-11H2,1-2H3,(H,16,17). The lowest BCUT2D eigenvalue weighted by Gasteiger charge is -2.13. The fourth-order valence-electron chi connectivity index (χ4n) is 1.93. The summed E-state index contributed by atoms with van der Waals surface area (Å²) in [7, 11) is 0. The summed E-state index contributed by atoms with van der Waals surface area (Å²) in [6.45, 7) is 5.43. The first-order valence-electron chi connectivity index (χ1n) is 7.25. The van der Waals surface area contributed by atoms with Gasteiger partial charge in [0.05, 0.1) is 0 Å². The number of hydrogen-bond acceptors (Lipinski definition) is 2. The Morgan fingerprint density at radius 3 is 2.71 bits per heavy atom. The van der Waals surface area contributed by atoms with Crippen molar-refractivity contribution in [1.82, 2.24) is 10.6 Å². The van der Waals surface area contributed by atoms with Gasteiger partial charge in [0.15, 0.2) is 0 Å². The quantitative estimate of drug-likeness (QED) is 0.576. The van der Waals surface area contributed by atoms with E-state index in [0.717, 1.165) is 13.0 Å². The summed E-state index contributed by atoms with van der Waals surface area (Å²) in [4.78, 5) is 11.4. The van der Waals surface area contributed by atoms with Crippen LogP contribution in [0.4, 0.5) is 0 Å². The molecule has 100 valence electrons. The second-order valence-corrected chi connectivity index (χ2v) is 5.30. The molecular formula is C14H28N2O. The molecule has 1 aliphatic carbocycles. The summed E-state index contributed by atoms with van der Waals surface area (Å²) in [6.07, 6.45) is 9.16. The minimum atomic E-state index is 0.230. The smallest absolute Gasteiger partial charge is 0.220 e. The topological polar surface area (TPSA) is 41.1 Å². The molecule has 0 heterocycles. The highest BCUT2D eigenvalue weighted by atomic mass is 16.1. The third-order valence-corrected chi connectivity index (χ3v) is 3.26. The van der Waals surface area contributed by atoms with Crippen LogP contribution < -0.4 is 10.6 Å². The van der Waals surface area contributed by atoms with E-state index in [4.69, 9.17) is 0 Å². The normalized spacial score (nSPS) is 16.8. The minimum absolute atomic E-state index is 0.230. The summed E-state index contributed by atoms with van der Waals surface area (Å²) >= 11 is 0. The predicted octanol–water partition coefficient (Wildman–Crippen LogP) is 2.60. The van der Waals surface area contributed by atoms with Gasteiger partial charge in [-0.2, -0.15) is 0 Å². The lowest BCUT2D eigenvalue weighted by atomic mass is 10.1. The monoisotopic (exact) mass is 240 g/mol. The van der Waals surface area contributed by atoms with Crippen molar-refractivity contribution in [3.05, 3.63) is 0 Å². The van der Waals surface area contributed by atoms with Crippen molar-refractivity contribution in [1.29, 1.82) is 0 Å². The van der Waals surface area contributed by atoms with E-state index in [2.05, 4.69) is 24.5 Å². The van der Waals surface area contributed by atoms with Crippen LogP contribution in [0.3, 0.4) is 0 Å². The van der Waals surface area contributed by atoms with Crippen molar-refractivity contribution in [2.75, 3.05) is 6.54 Å². The molecule has 0 aromatic rings. The van der Waals surface area contributed by atoms with Crippen molar-refractivity contribution in [3.8, 4) is 0 Å². The van der Waals surface area contributed by atoms with Gasteiger partial charge in [-0.1, -0.05) is 26.2 Å². The van der Waals surface area contributed by atoms with Crippen LogP contribution in [-0.4, -0.2) is 24.5 Å². The van der Waals surface area contributed by atoms with Crippen molar-refractivity contribution in [2.45, 2.75) is 77.3 Å². The van der Waals surface area contributed by atoms with Crippen LogP contribution in [0.15, 0.2) is 0 Å². The SMILES string of the molecule is CCCCCC(C)NCCCC(=O)NC1CC1. The fraction of sp³-hybridized carbons (Fsp3) is 0.929. The molecule has 0 aromatic carbocycles. The van der Waals surface area contributed by atoms with E-state index >= 15 is 0 Å². The third-order valence-electron chi connectivity index (χ3n) is 3.26. The first kappa shape index (κ1) is 14.5. The van der Waals surface area contributed by atoms with Gasteiger partial charge in [0.1, 0.15) is 0 Å². The summed E-state index contributed by atoms with van der Waals surface area (Å²) in [5.74, 6) is 0.230.